The molecule has 8 heteroatoms. The van der Waals surface area contributed by atoms with Crippen LogP contribution in [0.15, 0.2) is 23.0 Å². The van der Waals surface area contributed by atoms with Crippen molar-refractivity contribution in [1.82, 2.24) is 30.1 Å². The summed E-state index contributed by atoms with van der Waals surface area (Å²) in [6, 6.07) is 1.93. The summed E-state index contributed by atoms with van der Waals surface area (Å²) in [4.78, 5) is 16.3. The number of aryl methyl sites for hydroxylation is 2. The molecular formula is C15H22N6O2. The minimum Gasteiger partial charge on any atom is -0.360 e. The van der Waals surface area contributed by atoms with Crippen LogP contribution in [0.4, 0.5) is 4.79 Å². The van der Waals surface area contributed by atoms with Crippen molar-refractivity contribution < 1.29 is 9.32 Å². The Morgan fingerprint density at radius 1 is 1.35 bits per heavy atom. The van der Waals surface area contributed by atoms with Crippen molar-refractivity contribution in [3.8, 4) is 0 Å². The fraction of sp³-hybridized carbons (Fsp3) is 0.533. The minimum absolute atomic E-state index is 0.0241. The fourth-order valence-corrected chi connectivity index (χ4v) is 2.67. The number of urea groups is 1. The van der Waals surface area contributed by atoms with Gasteiger partial charge in [0, 0.05) is 57.6 Å². The van der Waals surface area contributed by atoms with Gasteiger partial charge in [0.2, 0.25) is 0 Å². The highest BCUT2D eigenvalue weighted by molar-refractivity contribution is 5.74. The van der Waals surface area contributed by atoms with Crippen LogP contribution >= 0.6 is 0 Å². The van der Waals surface area contributed by atoms with Crippen LogP contribution in [0, 0.1) is 6.92 Å². The van der Waals surface area contributed by atoms with Crippen molar-refractivity contribution >= 4 is 6.03 Å². The summed E-state index contributed by atoms with van der Waals surface area (Å²) in [6.07, 6.45) is 3.66. The molecule has 0 aliphatic carbocycles. The summed E-state index contributed by atoms with van der Waals surface area (Å²) in [7, 11) is 1.86. The number of amides is 2. The number of hydrogen-bond acceptors (Lipinski definition) is 5. The minimum atomic E-state index is -0.0241. The first-order valence-electron chi connectivity index (χ1n) is 7.75. The molecule has 8 nitrogen and oxygen atoms in total. The molecule has 0 unspecified atom stereocenters. The normalized spacial score (nSPS) is 15.8. The van der Waals surface area contributed by atoms with Crippen molar-refractivity contribution in [3.05, 3.63) is 35.5 Å². The summed E-state index contributed by atoms with van der Waals surface area (Å²) >= 11 is 0. The van der Waals surface area contributed by atoms with E-state index < -0.39 is 0 Å². The number of nitrogens with one attached hydrogen (secondary N) is 1. The number of aromatic nitrogens is 3. The Morgan fingerprint density at radius 2 is 2.13 bits per heavy atom. The van der Waals surface area contributed by atoms with Crippen LogP contribution in [0.3, 0.4) is 0 Å². The summed E-state index contributed by atoms with van der Waals surface area (Å²) in [5, 5.41) is 10.9. The third-order valence-corrected chi connectivity index (χ3v) is 3.92. The highest BCUT2D eigenvalue weighted by Gasteiger charge is 2.21. The summed E-state index contributed by atoms with van der Waals surface area (Å²) in [5.74, 6) is 0.872. The van der Waals surface area contributed by atoms with Crippen molar-refractivity contribution in [1.29, 1.82) is 0 Å². The maximum Gasteiger partial charge on any atom is 0.317 e. The molecule has 0 bridgehead atoms. The van der Waals surface area contributed by atoms with Gasteiger partial charge in [-0.3, -0.25) is 9.58 Å². The fourth-order valence-electron chi connectivity index (χ4n) is 2.67. The third-order valence-electron chi connectivity index (χ3n) is 3.92. The van der Waals surface area contributed by atoms with Gasteiger partial charge in [0.05, 0.1) is 18.4 Å². The van der Waals surface area contributed by atoms with Gasteiger partial charge in [-0.1, -0.05) is 5.16 Å². The van der Waals surface area contributed by atoms with E-state index in [2.05, 4.69) is 20.5 Å². The average Bonchev–Trinajstić information content (AvgIpc) is 3.14. The van der Waals surface area contributed by atoms with Crippen molar-refractivity contribution in [2.24, 2.45) is 7.05 Å². The van der Waals surface area contributed by atoms with E-state index in [1.54, 1.807) is 10.9 Å². The van der Waals surface area contributed by atoms with Crippen LogP contribution in [0.25, 0.3) is 0 Å². The second-order valence-corrected chi connectivity index (χ2v) is 5.88. The number of nitrogens with zero attached hydrogens (tertiary/aromatic N) is 5. The molecule has 2 amide bonds. The van der Waals surface area contributed by atoms with E-state index in [-0.39, 0.29) is 6.03 Å². The van der Waals surface area contributed by atoms with Gasteiger partial charge in [-0.25, -0.2) is 4.79 Å². The Morgan fingerprint density at radius 3 is 2.74 bits per heavy atom. The molecule has 3 heterocycles. The van der Waals surface area contributed by atoms with E-state index in [0.717, 1.165) is 36.7 Å². The first-order chi connectivity index (χ1) is 11.1. The molecule has 1 fully saturated rings. The van der Waals surface area contributed by atoms with Gasteiger partial charge in [0.25, 0.3) is 0 Å². The molecule has 0 aromatic carbocycles. The molecular weight excluding hydrogens is 296 g/mol. The largest absolute Gasteiger partial charge is 0.360 e. The Labute approximate surface area is 135 Å². The molecule has 1 N–H and O–H groups in total. The monoisotopic (exact) mass is 318 g/mol. The van der Waals surface area contributed by atoms with Crippen molar-refractivity contribution in [2.75, 3.05) is 26.2 Å². The van der Waals surface area contributed by atoms with Crippen molar-refractivity contribution in [3.63, 3.8) is 0 Å². The van der Waals surface area contributed by atoms with Crippen LogP contribution < -0.4 is 5.32 Å². The van der Waals surface area contributed by atoms with E-state index in [1.807, 2.05) is 31.1 Å². The molecule has 23 heavy (non-hydrogen) atoms. The van der Waals surface area contributed by atoms with Gasteiger partial charge >= 0.3 is 6.03 Å². The molecule has 2 aromatic rings. The van der Waals surface area contributed by atoms with E-state index >= 15 is 0 Å². The van der Waals surface area contributed by atoms with Gasteiger partial charge in [-0.2, -0.15) is 5.10 Å². The van der Waals surface area contributed by atoms with E-state index in [0.29, 0.717) is 19.6 Å². The Hall–Kier alpha value is -2.35. The topological polar surface area (TPSA) is 79.4 Å². The Balaban J connectivity index is 1.42. The molecule has 0 radical (unpaired) electrons. The zero-order valence-corrected chi connectivity index (χ0v) is 13.5. The van der Waals surface area contributed by atoms with Crippen LogP contribution in [-0.2, 0) is 20.1 Å². The van der Waals surface area contributed by atoms with Gasteiger partial charge < -0.3 is 14.7 Å². The molecule has 0 atom stereocenters. The molecule has 1 saturated heterocycles. The first-order valence-corrected chi connectivity index (χ1v) is 7.75. The maximum absolute atomic E-state index is 12.2. The number of piperazine rings is 1. The first kappa shape index (κ1) is 15.5. The third kappa shape index (κ3) is 4.10. The van der Waals surface area contributed by atoms with Gasteiger partial charge in [0.15, 0.2) is 5.76 Å². The lowest BCUT2D eigenvalue weighted by Gasteiger charge is -2.34. The number of hydrogen-bond donors (Lipinski definition) is 1. The number of carbonyl (C=O) groups excluding carboxylic acids is 1. The molecule has 124 valence electrons. The average molecular weight is 318 g/mol. The Kier molecular flexibility index (Phi) is 4.61. The van der Waals surface area contributed by atoms with E-state index in [1.165, 1.54) is 0 Å². The lowest BCUT2D eigenvalue weighted by Crippen LogP contribution is -2.51. The predicted molar refractivity (Wildman–Crippen MR) is 83.5 cm³/mol. The molecule has 0 spiro atoms. The smallest absolute Gasteiger partial charge is 0.317 e. The molecule has 0 saturated carbocycles. The highest BCUT2D eigenvalue weighted by atomic mass is 16.5. The summed E-state index contributed by atoms with van der Waals surface area (Å²) < 4.78 is 6.97. The van der Waals surface area contributed by atoms with Gasteiger partial charge in [-0.15, -0.1) is 0 Å². The summed E-state index contributed by atoms with van der Waals surface area (Å²) in [6.45, 7) is 6.26. The Bertz CT molecular complexity index is 656. The number of carbonyl (C=O) groups is 1. The van der Waals surface area contributed by atoms with Crippen LogP contribution in [-0.4, -0.2) is 56.9 Å². The quantitative estimate of drug-likeness (QED) is 0.899. The van der Waals surface area contributed by atoms with E-state index in [9.17, 15) is 4.79 Å². The zero-order chi connectivity index (χ0) is 16.2. The highest BCUT2D eigenvalue weighted by Crippen LogP contribution is 2.10. The second-order valence-electron chi connectivity index (χ2n) is 5.88. The van der Waals surface area contributed by atoms with Crippen LogP contribution in [0.1, 0.15) is 17.0 Å². The molecule has 2 aromatic heterocycles. The SMILES string of the molecule is Cc1cc(CN2CCN(C(=O)NCc3cnn(C)c3)CC2)on1. The van der Waals surface area contributed by atoms with Crippen LogP contribution in [0.2, 0.25) is 0 Å². The molecule has 1 aliphatic heterocycles. The van der Waals surface area contributed by atoms with Gasteiger partial charge in [-0.05, 0) is 6.92 Å². The zero-order valence-electron chi connectivity index (χ0n) is 13.5. The predicted octanol–water partition coefficient (Wildman–Crippen LogP) is 0.744. The van der Waals surface area contributed by atoms with E-state index in [4.69, 9.17) is 4.52 Å². The molecule has 3 rings (SSSR count). The standard InChI is InChI=1S/C15H22N6O2/c1-12-7-14(23-18-12)11-20-3-5-21(6-4-20)15(22)16-8-13-9-17-19(2)10-13/h7,9-10H,3-6,8,11H2,1-2H3,(H,16,22). The molecule has 1 aliphatic rings. The van der Waals surface area contributed by atoms with Crippen LogP contribution in [0.5, 0.6) is 0 Å². The second kappa shape index (κ2) is 6.82. The van der Waals surface area contributed by atoms with Gasteiger partial charge in [0.1, 0.15) is 0 Å². The lowest BCUT2D eigenvalue weighted by molar-refractivity contribution is 0.128. The van der Waals surface area contributed by atoms with Crippen molar-refractivity contribution in [2.45, 2.75) is 20.0 Å². The lowest BCUT2D eigenvalue weighted by atomic mass is 10.3. The maximum atomic E-state index is 12.2. The number of rotatable bonds is 4. The summed E-state index contributed by atoms with van der Waals surface area (Å²) in [5.41, 5.74) is 1.90.